The molecule has 1 heterocycles. The van der Waals surface area contributed by atoms with Crippen LogP contribution in [0.3, 0.4) is 0 Å². The summed E-state index contributed by atoms with van der Waals surface area (Å²) in [5, 5.41) is 0.0942. The van der Waals surface area contributed by atoms with Gasteiger partial charge in [0.1, 0.15) is 5.82 Å². The summed E-state index contributed by atoms with van der Waals surface area (Å²) in [6, 6.07) is 11.0. The molecule has 0 atom stereocenters. The fraction of sp³-hybridized carbons (Fsp3) is 0.222. The molecule has 1 aliphatic heterocycles. The minimum Gasteiger partial charge on any atom is -0.335 e. The Morgan fingerprint density at radius 2 is 1.48 bits per heavy atom. The first-order valence-corrected chi connectivity index (χ1v) is 8.92. The van der Waals surface area contributed by atoms with Crippen molar-refractivity contribution in [3.63, 3.8) is 0 Å². The van der Waals surface area contributed by atoms with E-state index in [1.54, 1.807) is 15.9 Å². The van der Waals surface area contributed by atoms with Crippen LogP contribution in [0.4, 0.5) is 4.39 Å². The highest BCUT2D eigenvalue weighted by atomic mass is 79.9. The molecule has 0 aliphatic carbocycles. The van der Waals surface area contributed by atoms with Crippen molar-refractivity contribution in [1.82, 2.24) is 9.80 Å². The summed E-state index contributed by atoms with van der Waals surface area (Å²) in [5.41, 5.74) is 0.873. The largest absolute Gasteiger partial charge is 0.335 e. The van der Waals surface area contributed by atoms with E-state index in [2.05, 4.69) is 15.9 Å². The van der Waals surface area contributed by atoms with E-state index in [4.69, 9.17) is 11.6 Å². The van der Waals surface area contributed by atoms with E-state index in [0.717, 1.165) is 10.5 Å². The Labute approximate surface area is 158 Å². The first-order valence-electron chi connectivity index (χ1n) is 7.75. The molecule has 3 rings (SSSR count). The Balaban J connectivity index is 1.66. The lowest BCUT2D eigenvalue weighted by Crippen LogP contribution is -2.50. The third-order valence-corrected chi connectivity index (χ3v) is 5.12. The molecule has 2 aromatic rings. The van der Waals surface area contributed by atoms with Gasteiger partial charge in [0.25, 0.3) is 11.8 Å². The van der Waals surface area contributed by atoms with Gasteiger partial charge in [-0.25, -0.2) is 4.39 Å². The monoisotopic (exact) mass is 424 g/mol. The average Bonchev–Trinajstić information content (AvgIpc) is 2.61. The lowest BCUT2D eigenvalue weighted by molar-refractivity contribution is 0.0535. The highest BCUT2D eigenvalue weighted by Crippen LogP contribution is 2.21. The molecule has 0 N–H and O–H groups in total. The van der Waals surface area contributed by atoms with E-state index < -0.39 is 5.82 Å². The molecule has 2 aromatic carbocycles. The van der Waals surface area contributed by atoms with Crippen LogP contribution < -0.4 is 0 Å². The molecule has 0 radical (unpaired) electrons. The molecule has 130 valence electrons. The quantitative estimate of drug-likeness (QED) is 0.733. The van der Waals surface area contributed by atoms with Crippen LogP contribution in [0, 0.1) is 5.82 Å². The van der Waals surface area contributed by atoms with Crippen LogP contribution in [-0.4, -0.2) is 47.8 Å². The van der Waals surface area contributed by atoms with Gasteiger partial charge in [0.05, 0.1) is 16.1 Å². The maximum Gasteiger partial charge on any atom is 0.255 e. The van der Waals surface area contributed by atoms with Gasteiger partial charge >= 0.3 is 0 Å². The summed E-state index contributed by atoms with van der Waals surface area (Å²) < 4.78 is 13.9. The lowest BCUT2D eigenvalue weighted by Gasteiger charge is -2.35. The smallest absolute Gasteiger partial charge is 0.255 e. The van der Waals surface area contributed by atoms with Gasteiger partial charge < -0.3 is 9.80 Å². The van der Waals surface area contributed by atoms with Gasteiger partial charge in [0.15, 0.2) is 0 Å². The Morgan fingerprint density at radius 3 is 2.04 bits per heavy atom. The van der Waals surface area contributed by atoms with Gasteiger partial charge in [0, 0.05) is 30.7 Å². The maximum atomic E-state index is 13.1. The molecule has 1 aliphatic rings. The molecule has 7 heteroatoms. The number of piperazine rings is 1. The van der Waals surface area contributed by atoms with E-state index in [-0.39, 0.29) is 22.4 Å². The van der Waals surface area contributed by atoms with Crippen molar-refractivity contribution in [3.8, 4) is 0 Å². The zero-order valence-corrected chi connectivity index (χ0v) is 15.6. The first kappa shape index (κ1) is 17.9. The number of carbonyl (C=O) groups excluding carboxylic acids is 2. The number of hydrogen-bond acceptors (Lipinski definition) is 2. The van der Waals surface area contributed by atoms with Crippen molar-refractivity contribution in [3.05, 3.63) is 68.9 Å². The molecule has 0 saturated carbocycles. The third-order valence-electron chi connectivity index (χ3n) is 4.12. The number of halogens is 3. The molecule has 1 saturated heterocycles. The van der Waals surface area contributed by atoms with Crippen LogP contribution in [0.25, 0.3) is 0 Å². The van der Waals surface area contributed by atoms with Crippen molar-refractivity contribution in [2.75, 3.05) is 26.2 Å². The van der Waals surface area contributed by atoms with Gasteiger partial charge in [-0.15, -0.1) is 0 Å². The Hall–Kier alpha value is -1.92. The van der Waals surface area contributed by atoms with Crippen LogP contribution >= 0.6 is 27.5 Å². The molecule has 0 unspecified atom stereocenters. The zero-order chi connectivity index (χ0) is 18.0. The van der Waals surface area contributed by atoms with Gasteiger partial charge in [-0.3, -0.25) is 9.59 Å². The van der Waals surface area contributed by atoms with Gasteiger partial charge in [-0.05, 0) is 46.3 Å². The second-order valence-corrected chi connectivity index (χ2v) is 6.95. The standard InChI is InChI=1S/C18H15BrClFN2O2/c19-15-4-2-1-3-13(15)17(24)22-7-9-23(10-8-22)18(25)14-6-5-12(21)11-16(14)20/h1-6,11H,7-10H2. The molecule has 0 aromatic heterocycles. The van der Waals surface area contributed by atoms with Crippen molar-refractivity contribution in [1.29, 1.82) is 0 Å². The maximum absolute atomic E-state index is 13.1. The Kier molecular flexibility index (Phi) is 5.39. The number of benzene rings is 2. The lowest BCUT2D eigenvalue weighted by atomic mass is 10.1. The topological polar surface area (TPSA) is 40.6 Å². The summed E-state index contributed by atoms with van der Waals surface area (Å²) in [5.74, 6) is -0.803. The number of carbonyl (C=O) groups is 2. The van der Waals surface area contributed by atoms with Gasteiger partial charge in [0.2, 0.25) is 0 Å². The summed E-state index contributed by atoms with van der Waals surface area (Å²) in [6.07, 6.45) is 0. The molecule has 2 amide bonds. The van der Waals surface area contributed by atoms with Crippen LogP contribution in [0.2, 0.25) is 5.02 Å². The summed E-state index contributed by atoms with van der Waals surface area (Å²) >= 11 is 9.35. The third kappa shape index (κ3) is 3.85. The van der Waals surface area contributed by atoms with E-state index >= 15 is 0 Å². The molecule has 4 nitrogen and oxygen atoms in total. The molecule has 0 spiro atoms. The molecular weight excluding hydrogens is 411 g/mol. The molecule has 0 bridgehead atoms. The predicted octanol–water partition coefficient (Wildman–Crippen LogP) is 3.84. The summed E-state index contributed by atoms with van der Waals surface area (Å²) in [7, 11) is 0. The average molecular weight is 426 g/mol. The van der Waals surface area contributed by atoms with Crippen LogP contribution in [0.15, 0.2) is 46.9 Å². The van der Waals surface area contributed by atoms with Gasteiger partial charge in [-0.2, -0.15) is 0 Å². The second-order valence-electron chi connectivity index (χ2n) is 5.69. The van der Waals surface area contributed by atoms with E-state index in [9.17, 15) is 14.0 Å². The summed E-state index contributed by atoms with van der Waals surface area (Å²) in [6.45, 7) is 1.68. The molecule has 25 heavy (non-hydrogen) atoms. The van der Waals surface area contributed by atoms with Crippen molar-refractivity contribution >= 4 is 39.3 Å². The number of amides is 2. The van der Waals surface area contributed by atoms with Crippen LogP contribution in [0.1, 0.15) is 20.7 Å². The van der Waals surface area contributed by atoms with E-state index in [0.29, 0.717) is 31.7 Å². The minimum absolute atomic E-state index is 0.0700. The predicted molar refractivity (Wildman–Crippen MR) is 97.4 cm³/mol. The molecular formula is C18H15BrClFN2O2. The SMILES string of the molecule is O=C(c1ccc(F)cc1Cl)N1CCN(C(=O)c2ccccc2Br)CC1. The number of hydrogen-bond donors (Lipinski definition) is 0. The fourth-order valence-corrected chi connectivity index (χ4v) is 3.45. The Morgan fingerprint density at radius 1 is 0.920 bits per heavy atom. The highest BCUT2D eigenvalue weighted by Gasteiger charge is 2.27. The first-order chi connectivity index (χ1) is 12.0. The normalized spacial score (nSPS) is 14.5. The summed E-state index contributed by atoms with van der Waals surface area (Å²) in [4.78, 5) is 28.5. The molecule has 1 fully saturated rings. The van der Waals surface area contributed by atoms with Crippen LogP contribution in [-0.2, 0) is 0 Å². The van der Waals surface area contributed by atoms with Crippen molar-refractivity contribution in [2.45, 2.75) is 0 Å². The van der Waals surface area contributed by atoms with Gasteiger partial charge in [-0.1, -0.05) is 23.7 Å². The van der Waals surface area contributed by atoms with Crippen molar-refractivity contribution in [2.24, 2.45) is 0 Å². The zero-order valence-electron chi connectivity index (χ0n) is 13.2. The fourth-order valence-electron chi connectivity index (χ4n) is 2.75. The number of nitrogens with zero attached hydrogens (tertiary/aromatic N) is 2. The van der Waals surface area contributed by atoms with E-state index in [1.807, 2.05) is 18.2 Å². The van der Waals surface area contributed by atoms with Crippen molar-refractivity contribution < 1.29 is 14.0 Å². The second kappa shape index (κ2) is 7.54. The van der Waals surface area contributed by atoms with E-state index in [1.165, 1.54) is 12.1 Å². The van der Waals surface area contributed by atoms with Crippen LogP contribution in [0.5, 0.6) is 0 Å². The highest BCUT2D eigenvalue weighted by molar-refractivity contribution is 9.10. The Bertz CT molecular complexity index is 822. The number of rotatable bonds is 2. The minimum atomic E-state index is -0.481.